The predicted molar refractivity (Wildman–Crippen MR) is 67.0 cm³/mol. The lowest BCUT2D eigenvalue weighted by molar-refractivity contribution is -0.137. The summed E-state index contributed by atoms with van der Waals surface area (Å²) in [6, 6.07) is 2.20. The van der Waals surface area contributed by atoms with E-state index in [4.69, 9.17) is 10.9 Å². The van der Waals surface area contributed by atoms with Crippen LogP contribution in [0.2, 0.25) is 0 Å². The zero-order valence-corrected chi connectivity index (χ0v) is 11.1. The minimum absolute atomic E-state index is 0.199. The molecule has 0 spiro atoms. The Morgan fingerprint density at radius 3 is 2.50 bits per heavy atom. The van der Waals surface area contributed by atoms with Crippen molar-refractivity contribution >= 4 is 21.5 Å². The van der Waals surface area contributed by atoms with Crippen LogP contribution in [-0.4, -0.2) is 25.2 Å². The molecule has 4 N–H and O–H groups in total. The van der Waals surface area contributed by atoms with Crippen molar-refractivity contribution in [1.82, 2.24) is 0 Å². The molecule has 0 amide bonds. The van der Waals surface area contributed by atoms with Gasteiger partial charge in [-0.1, -0.05) is 5.16 Å². The highest BCUT2D eigenvalue weighted by Crippen LogP contribution is 2.32. The summed E-state index contributed by atoms with van der Waals surface area (Å²) in [5.41, 5.74) is 3.66. The molecule has 0 bridgehead atoms. The van der Waals surface area contributed by atoms with Crippen LogP contribution in [0.15, 0.2) is 23.4 Å². The number of oxime groups is 1. The van der Waals surface area contributed by atoms with E-state index in [0.29, 0.717) is 12.1 Å². The Hall–Kier alpha value is -1.97. The average molecular weight is 311 g/mol. The topological polar surface area (TPSA) is 105 Å². The molecule has 0 aromatic heterocycles. The molecule has 0 saturated carbocycles. The first-order valence-corrected chi connectivity index (χ1v) is 6.95. The van der Waals surface area contributed by atoms with E-state index < -0.39 is 27.6 Å². The monoisotopic (exact) mass is 311 g/mol. The van der Waals surface area contributed by atoms with Crippen LogP contribution in [0.4, 0.5) is 18.9 Å². The van der Waals surface area contributed by atoms with E-state index in [0.717, 1.165) is 6.07 Å². The van der Waals surface area contributed by atoms with Crippen LogP contribution in [0.25, 0.3) is 0 Å². The van der Waals surface area contributed by atoms with Gasteiger partial charge in [0.15, 0.2) is 5.84 Å². The Morgan fingerprint density at radius 2 is 2.05 bits per heavy atom. The number of nitrogens with one attached hydrogen (secondary N) is 1. The molecular weight excluding hydrogens is 299 g/mol. The van der Waals surface area contributed by atoms with Gasteiger partial charge in [-0.05, 0) is 25.1 Å². The molecule has 1 rings (SSSR count). The standard InChI is InChI=1S/C10H12F3N3O3S/c1-2-20(18,19)16-8-4-3-6(10(11,12)13)5-7(8)9(14)15-17/h3-5,16-17H,2H2,1H3,(H2,14,15). The number of hydrogen-bond acceptors (Lipinski definition) is 4. The number of rotatable bonds is 4. The Balaban J connectivity index is 3.39. The van der Waals surface area contributed by atoms with Crippen molar-refractivity contribution < 1.29 is 26.8 Å². The molecule has 20 heavy (non-hydrogen) atoms. The van der Waals surface area contributed by atoms with Gasteiger partial charge in [-0.3, -0.25) is 4.72 Å². The number of amidine groups is 1. The summed E-state index contributed by atoms with van der Waals surface area (Å²) in [5, 5.41) is 11.2. The molecule has 1 aromatic carbocycles. The number of sulfonamides is 1. The van der Waals surface area contributed by atoms with Gasteiger partial charge >= 0.3 is 6.18 Å². The molecule has 0 unspecified atom stereocenters. The van der Waals surface area contributed by atoms with Gasteiger partial charge in [0.2, 0.25) is 10.0 Å². The minimum Gasteiger partial charge on any atom is -0.409 e. The first kappa shape index (κ1) is 16.1. The fraction of sp³-hybridized carbons (Fsp3) is 0.300. The Labute approximate surface area is 113 Å². The van der Waals surface area contributed by atoms with Gasteiger partial charge in [0.25, 0.3) is 0 Å². The predicted octanol–water partition coefficient (Wildman–Crippen LogP) is 1.56. The summed E-state index contributed by atoms with van der Waals surface area (Å²) in [6.45, 7) is 1.36. The molecule has 0 aliphatic heterocycles. The molecule has 6 nitrogen and oxygen atoms in total. The number of nitrogens with two attached hydrogens (primary N) is 1. The van der Waals surface area contributed by atoms with Gasteiger partial charge in [-0.2, -0.15) is 13.2 Å². The van der Waals surface area contributed by atoms with E-state index in [-0.39, 0.29) is 17.0 Å². The molecule has 0 atom stereocenters. The fourth-order valence-corrected chi connectivity index (χ4v) is 1.97. The minimum atomic E-state index is -4.63. The highest BCUT2D eigenvalue weighted by atomic mass is 32.2. The zero-order valence-electron chi connectivity index (χ0n) is 10.3. The van der Waals surface area contributed by atoms with Crippen molar-refractivity contribution in [1.29, 1.82) is 0 Å². The van der Waals surface area contributed by atoms with Gasteiger partial charge in [-0.15, -0.1) is 0 Å². The third kappa shape index (κ3) is 3.76. The van der Waals surface area contributed by atoms with Gasteiger partial charge in [0.1, 0.15) is 0 Å². The molecule has 0 saturated heterocycles. The number of nitrogens with zero attached hydrogens (tertiary/aromatic N) is 1. The van der Waals surface area contributed by atoms with Crippen molar-refractivity contribution in [3.63, 3.8) is 0 Å². The van der Waals surface area contributed by atoms with Gasteiger partial charge in [0, 0.05) is 5.56 Å². The lowest BCUT2D eigenvalue weighted by Crippen LogP contribution is -2.21. The molecule has 0 aliphatic carbocycles. The number of benzene rings is 1. The summed E-state index contributed by atoms with van der Waals surface area (Å²) in [4.78, 5) is 0. The zero-order chi connectivity index (χ0) is 15.6. The molecule has 1 aromatic rings. The molecule has 112 valence electrons. The highest BCUT2D eigenvalue weighted by Gasteiger charge is 2.31. The van der Waals surface area contributed by atoms with Crippen molar-refractivity contribution in [2.45, 2.75) is 13.1 Å². The van der Waals surface area contributed by atoms with Crippen molar-refractivity contribution in [3.05, 3.63) is 29.3 Å². The quantitative estimate of drug-likeness (QED) is 0.339. The van der Waals surface area contributed by atoms with Crippen LogP contribution in [0.1, 0.15) is 18.1 Å². The summed E-state index contributed by atoms with van der Waals surface area (Å²) in [6.07, 6.45) is -4.63. The maximum Gasteiger partial charge on any atom is 0.416 e. The first-order chi connectivity index (χ1) is 9.10. The maximum atomic E-state index is 12.6. The van der Waals surface area contributed by atoms with Gasteiger partial charge in [-0.25, -0.2) is 8.42 Å². The molecule has 0 heterocycles. The normalized spacial score (nSPS) is 13.3. The van der Waals surface area contributed by atoms with Crippen molar-refractivity contribution in [2.75, 3.05) is 10.5 Å². The van der Waals surface area contributed by atoms with E-state index in [1.807, 2.05) is 0 Å². The molecule has 10 heteroatoms. The van der Waals surface area contributed by atoms with E-state index in [1.165, 1.54) is 6.92 Å². The maximum absolute atomic E-state index is 12.6. The third-order valence-corrected chi connectivity index (χ3v) is 3.67. The van der Waals surface area contributed by atoms with E-state index in [9.17, 15) is 21.6 Å². The lowest BCUT2D eigenvalue weighted by Gasteiger charge is -2.14. The van der Waals surface area contributed by atoms with Crippen LogP contribution in [0, 0.1) is 0 Å². The van der Waals surface area contributed by atoms with Crippen LogP contribution < -0.4 is 10.5 Å². The average Bonchev–Trinajstić information content (AvgIpc) is 2.36. The summed E-state index contributed by atoms with van der Waals surface area (Å²) in [5.74, 6) is -0.909. The Morgan fingerprint density at radius 1 is 1.45 bits per heavy atom. The molecule has 0 aliphatic rings. The van der Waals surface area contributed by atoms with Crippen LogP contribution in [0.3, 0.4) is 0 Å². The van der Waals surface area contributed by atoms with E-state index in [1.54, 1.807) is 0 Å². The highest BCUT2D eigenvalue weighted by molar-refractivity contribution is 7.92. The molecule has 0 radical (unpaired) electrons. The van der Waals surface area contributed by atoms with Gasteiger partial charge < -0.3 is 10.9 Å². The van der Waals surface area contributed by atoms with Crippen molar-refractivity contribution in [2.24, 2.45) is 10.9 Å². The molecule has 0 fully saturated rings. The second-order valence-electron chi connectivity index (χ2n) is 3.75. The number of halogens is 3. The third-order valence-electron chi connectivity index (χ3n) is 2.38. The second-order valence-corrected chi connectivity index (χ2v) is 5.76. The largest absolute Gasteiger partial charge is 0.416 e. The Kier molecular flexibility index (Phi) is 4.48. The number of hydrogen-bond donors (Lipinski definition) is 3. The van der Waals surface area contributed by atoms with E-state index >= 15 is 0 Å². The number of alkyl halides is 3. The second kappa shape index (κ2) is 5.57. The number of anilines is 1. The SMILES string of the molecule is CCS(=O)(=O)Nc1ccc(C(F)(F)F)cc1/C(N)=N/O. The van der Waals surface area contributed by atoms with Crippen LogP contribution in [0.5, 0.6) is 0 Å². The van der Waals surface area contributed by atoms with Crippen molar-refractivity contribution in [3.8, 4) is 0 Å². The first-order valence-electron chi connectivity index (χ1n) is 5.30. The Bertz CT molecular complexity index is 626. The smallest absolute Gasteiger partial charge is 0.409 e. The molecular formula is C10H12F3N3O3S. The lowest BCUT2D eigenvalue weighted by atomic mass is 10.1. The summed E-state index contributed by atoms with van der Waals surface area (Å²) < 4.78 is 62.7. The summed E-state index contributed by atoms with van der Waals surface area (Å²) in [7, 11) is -3.71. The van der Waals surface area contributed by atoms with Crippen LogP contribution in [-0.2, 0) is 16.2 Å². The summed E-state index contributed by atoms with van der Waals surface area (Å²) >= 11 is 0. The van der Waals surface area contributed by atoms with E-state index in [2.05, 4.69) is 9.88 Å². The fourth-order valence-electron chi connectivity index (χ4n) is 1.32. The van der Waals surface area contributed by atoms with Gasteiger partial charge in [0.05, 0.1) is 17.0 Å². The van der Waals surface area contributed by atoms with Crippen LogP contribution >= 0.6 is 0 Å².